The van der Waals surface area contributed by atoms with Crippen molar-refractivity contribution in [1.82, 2.24) is 0 Å². The Bertz CT molecular complexity index is 626. The van der Waals surface area contributed by atoms with Gasteiger partial charge in [0.15, 0.2) is 5.78 Å². The fourth-order valence-electron chi connectivity index (χ4n) is 1.58. The Hall–Kier alpha value is -2.14. The zero-order valence-corrected chi connectivity index (χ0v) is 11.0. The molecule has 0 spiro atoms. The molecule has 0 bridgehead atoms. The summed E-state index contributed by atoms with van der Waals surface area (Å²) in [5.41, 5.74) is 0.489. The van der Waals surface area contributed by atoms with Crippen LogP contribution in [0.5, 0.6) is 0 Å². The first-order valence-electron chi connectivity index (χ1n) is 5.60. The van der Waals surface area contributed by atoms with Gasteiger partial charge in [-0.3, -0.25) is 14.9 Å². The van der Waals surface area contributed by atoms with E-state index in [2.05, 4.69) is 0 Å². The molecule has 2 aromatic carbocycles. The Morgan fingerprint density at radius 2 is 1.84 bits per heavy atom. The smallest absolute Gasteiger partial charge is 0.283 e. The lowest BCUT2D eigenvalue weighted by Gasteiger charge is -2.04. The molecule has 0 N–H and O–H groups in total. The van der Waals surface area contributed by atoms with E-state index in [0.717, 1.165) is 4.90 Å². The molecule has 2 rings (SSSR count). The molecule has 0 saturated heterocycles. The van der Waals surface area contributed by atoms with E-state index in [4.69, 9.17) is 0 Å². The predicted octanol–water partition coefficient (Wildman–Crippen LogP) is 3.95. The molecule has 0 radical (unpaired) electrons. The Morgan fingerprint density at radius 1 is 1.16 bits per heavy atom. The molecule has 0 aliphatic heterocycles. The number of benzene rings is 2. The molecule has 4 nitrogen and oxygen atoms in total. The predicted molar refractivity (Wildman–Crippen MR) is 73.7 cm³/mol. The van der Waals surface area contributed by atoms with Gasteiger partial charge in [0.2, 0.25) is 0 Å². The molecule has 19 heavy (non-hydrogen) atoms. The second-order valence-electron chi connectivity index (χ2n) is 3.91. The number of hydrogen-bond acceptors (Lipinski definition) is 4. The topological polar surface area (TPSA) is 60.2 Å². The lowest BCUT2D eigenvalue weighted by molar-refractivity contribution is -0.387. The van der Waals surface area contributed by atoms with Crippen LogP contribution in [0.2, 0.25) is 0 Å². The molecule has 0 amide bonds. The van der Waals surface area contributed by atoms with E-state index in [1.54, 1.807) is 6.07 Å². The van der Waals surface area contributed by atoms with Gasteiger partial charge in [0.05, 0.1) is 9.82 Å². The summed E-state index contributed by atoms with van der Waals surface area (Å²) in [4.78, 5) is 23.3. The molecule has 0 heterocycles. The molecule has 0 aliphatic carbocycles. The van der Waals surface area contributed by atoms with Crippen LogP contribution in [0.15, 0.2) is 58.3 Å². The van der Waals surface area contributed by atoms with Gasteiger partial charge in [-0.25, -0.2) is 0 Å². The number of ketones is 1. The second-order valence-corrected chi connectivity index (χ2v) is 5.03. The number of carbonyl (C=O) groups is 1. The largest absolute Gasteiger partial charge is 0.295 e. The molecular weight excluding hydrogens is 262 g/mol. The van der Waals surface area contributed by atoms with Crippen molar-refractivity contribution >= 4 is 23.2 Å². The van der Waals surface area contributed by atoms with E-state index in [0.29, 0.717) is 10.5 Å². The monoisotopic (exact) mass is 273 g/mol. The number of carbonyl (C=O) groups excluding carboxylic acids is 1. The Balaban J connectivity index is 2.43. The minimum atomic E-state index is -0.435. The fraction of sp³-hybridized carbons (Fsp3) is 0.0714. The number of hydrogen-bond donors (Lipinski definition) is 0. The standard InChI is InChI=1S/C14H11NO3S/c1-10(16)11-7-8-13(15(17)18)14(9-11)19-12-5-3-2-4-6-12/h2-9H,1H3. The first-order valence-corrected chi connectivity index (χ1v) is 6.42. The van der Waals surface area contributed by atoms with Crippen molar-refractivity contribution in [3.63, 3.8) is 0 Å². The molecule has 0 saturated carbocycles. The summed E-state index contributed by atoms with van der Waals surface area (Å²) < 4.78 is 0. The van der Waals surface area contributed by atoms with Gasteiger partial charge in [-0.15, -0.1) is 0 Å². The third-order valence-electron chi connectivity index (χ3n) is 2.53. The van der Waals surface area contributed by atoms with Crippen LogP contribution in [0, 0.1) is 10.1 Å². The summed E-state index contributed by atoms with van der Waals surface area (Å²) in [5.74, 6) is -0.107. The van der Waals surface area contributed by atoms with Crippen molar-refractivity contribution in [3.05, 3.63) is 64.2 Å². The van der Waals surface area contributed by atoms with Crippen molar-refractivity contribution in [2.75, 3.05) is 0 Å². The average molecular weight is 273 g/mol. The SMILES string of the molecule is CC(=O)c1ccc([N+](=O)[O-])c(Sc2ccccc2)c1. The maximum atomic E-state index is 11.4. The van der Waals surface area contributed by atoms with Crippen LogP contribution in [0.4, 0.5) is 5.69 Å². The molecular formula is C14H11NO3S. The van der Waals surface area contributed by atoms with Crippen LogP contribution in [0.25, 0.3) is 0 Å². The van der Waals surface area contributed by atoms with Crippen molar-refractivity contribution in [1.29, 1.82) is 0 Å². The number of nitro benzene ring substituents is 1. The van der Waals surface area contributed by atoms with Crippen LogP contribution >= 0.6 is 11.8 Å². The molecule has 96 valence electrons. The summed E-state index contributed by atoms with van der Waals surface area (Å²) in [6, 6.07) is 13.8. The highest BCUT2D eigenvalue weighted by Crippen LogP contribution is 2.35. The van der Waals surface area contributed by atoms with Gasteiger partial charge >= 0.3 is 0 Å². The number of nitro groups is 1. The van der Waals surface area contributed by atoms with Crippen molar-refractivity contribution in [2.24, 2.45) is 0 Å². The Morgan fingerprint density at radius 3 is 2.42 bits per heavy atom. The summed E-state index contributed by atoms with van der Waals surface area (Å²) in [5, 5.41) is 11.0. The maximum absolute atomic E-state index is 11.4. The van der Waals surface area contributed by atoms with E-state index in [1.165, 1.54) is 30.8 Å². The molecule has 5 heteroatoms. The summed E-state index contributed by atoms with van der Waals surface area (Å²) in [6.45, 7) is 1.44. The van der Waals surface area contributed by atoms with Crippen LogP contribution in [-0.4, -0.2) is 10.7 Å². The Labute approximate surface area is 114 Å². The van der Waals surface area contributed by atoms with E-state index in [9.17, 15) is 14.9 Å². The number of Topliss-reactive ketones (excluding diaryl/α,β-unsaturated/α-hetero) is 1. The lowest BCUT2D eigenvalue weighted by atomic mass is 10.1. The van der Waals surface area contributed by atoms with Gasteiger partial charge in [0, 0.05) is 16.5 Å². The first kappa shape index (κ1) is 13.3. The average Bonchev–Trinajstić information content (AvgIpc) is 2.39. The van der Waals surface area contributed by atoms with Gasteiger partial charge in [0.25, 0.3) is 5.69 Å². The number of nitrogens with zero attached hydrogens (tertiary/aromatic N) is 1. The zero-order valence-electron chi connectivity index (χ0n) is 10.2. The summed E-state index contributed by atoms with van der Waals surface area (Å²) >= 11 is 1.28. The van der Waals surface area contributed by atoms with E-state index in [1.807, 2.05) is 30.3 Å². The molecule has 0 aromatic heterocycles. The van der Waals surface area contributed by atoms with Gasteiger partial charge in [-0.2, -0.15) is 0 Å². The minimum Gasteiger partial charge on any atom is -0.295 e. The molecule has 0 atom stereocenters. The van der Waals surface area contributed by atoms with Gasteiger partial charge in [-0.05, 0) is 31.2 Å². The first-order chi connectivity index (χ1) is 9.08. The summed E-state index contributed by atoms with van der Waals surface area (Å²) in [6.07, 6.45) is 0. The highest BCUT2D eigenvalue weighted by Gasteiger charge is 2.16. The third-order valence-corrected chi connectivity index (χ3v) is 3.59. The second kappa shape index (κ2) is 5.67. The van der Waals surface area contributed by atoms with Crippen LogP contribution < -0.4 is 0 Å². The third kappa shape index (κ3) is 3.20. The normalized spacial score (nSPS) is 10.2. The molecule has 0 aliphatic rings. The quantitative estimate of drug-likeness (QED) is 0.481. The number of rotatable bonds is 4. The van der Waals surface area contributed by atoms with E-state index < -0.39 is 4.92 Å². The van der Waals surface area contributed by atoms with Gasteiger partial charge in [0.1, 0.15) is 0 Å². The van der Waals surface area contributed by atoms with Crippen molar-refractivity contribution < 1.29 is 9.72 Å². The zero-order chi connectivity index (χ0) is 13.8. The highest BCUT2D eigenvalue weighted by atomic mass is 32.2. The van der Waals surface area contributed by atoms with Crippen LogP contribution in [-0.2, 0) is 0 Å². The van der Waals surface area contributed by atoms with Gasteiger partial charge in [-0.1, -0.05) is 30.0 Å². The molecule has 0 unspecified atom stereocenters. The van der Waals surface area contributed by atoms with E-state index in [-0.39, 0.29) is 11.5 Å². The van der Waals surface area contributed by atoms with Crippen molar-refractivity contribution in [2.45, 2.75) is 16.7 Å². The molecule has 0 fully saturated rings. The molecule has 2 aromatic rings. The fourth-order valence-corrected chi connectivity index (χ4v) is 2.56. The Kier molecular flexibility index (Phi) is 3.97. The summed E-state index contributed by atoms with van der Waals surface area (Å²) in [7, 11) is 0. The van der Waals surface area contributed by atoms with Crippen molar-refractivity contribution in [3.8, 4) is 0 Å². The van der Waals surface area contributed by atoms with E-state index >= 15 is 0 Å². The lowest BCUT2D eigenvalue weighted by Crippen LogP contribution is -1.96. The maximum Gasteiger partial charge on any atom is 0.283 e. The minimum absolute atomic E-state index is 0.0128. The highest BCUT2D eigenvalue weighted by molar-refractivity contribution is 7.99. The van der Waals surface area contributed by atoms with Crippen LogP contribution in [0.1, 0.15) is 17.3 Å². The van der Waals surface area contributed by atoms with Gasteiger partial charge < -0.3 is 0 Å². The van der Waals surface area contributed by atoms with Crippen LogP contribution in [0.3, 0.4) is 0 Å².